The minimum absolute atomic E-state index is 0.135. The van der Waals surface area contributed by atoms with Crippen LogP contribution in [0.15, 0.2) is 0 Å². The van der Waals surface area contributed by atoms with Gasteiger partial charge < -0.3 is 14.8 Å². The molecule has 19 heavy (non-hydrogen) atoms. The molecule has 0 amide bonds. The lowest BCUT2D eigenvalue weighted by molar-refractivity contribution is -0.140. The van der Waals surface area contributed by atoms with E-state index in [2.05, 4.69) is 12.2 Å². The van der Waals surface area contributed by atoms with Gasteiger partial charge in [-0.05, 0) is 50.4 Å². The fourth-order valence-electron chi connectivity index (χ4n) is 3.88. The van der Waals surface area contributed by atoms with E-state index in [0.29, 0.717) is 11.5 Å². The Hall–Kier alpha value is -0.120. The van der Waals surface area contributed by atoms with Crippen molar-refractivity contribution in [1.82, 2.24) is 5.32 Å². The van der Waals surface area contributed by atoms with Crippen molar-refractivity contribution in [3.63, 3.8) is 0 Å². The van der Waals surface area contributed by atoms with Gasteiger partial charge in [-0.25, -0.2) is 0 Å². The van der Waals surface area contributed by atoms with E-state index < -0.39 is 0 Å². The zero-order valence-corrected chi connectivity index (χ0v) is 12.4. The average molecular weight is 267 g/mol. The second kappa shape index (κ2) is 5.71. The van der Waals surface area contributed by atoms with Gasteiger partial charge in [0.25, 0.3) is 0 Å². The number of ether oxygens (including phenoxy) is 2. The standard InChI is InChI=1S/C16H29NO2/c1-2-4-15(5-6-15)13-17-14-3-9-19-16(12-14)7-10-18-11-8-16/h14,17H,2-13H2,1H3. The summed E-state index contributed by atoms with van der Waals surface area (Å²) in [6.45, 7) is 6.24. The van der Waals surface area contributed by atoms with Crippen LogP contribution in [0.25, 0.3) is 0 Å². The summed E-state index contributed by atoms with van der Waals surface area (Å²) in [4.78, 5) is 0. The predicted octanol–water partition coefficient (Wildman–Crippen LogP) is 2.88. The van der Waals surface area contributed by atoms with Crippen LogP contribution >= 0.6 is 0 Å². The number of rotatable bonds is 5. The van der Waals surface area contributed by atoms with E-state index in [1.54, 1.807) is 0 Å². The molecule has 2 saturated heterocycles. The molecule has 1 saturated carbocycles. The van der Waals surface area contributed by atoms with E-state index >= 15 is 0 Å². The largest absolute Gasteiger partial charge is 0.381 e. The second-order valence-corrected chi connectivity index (χ2v) is 6.96. The first-order valence-corrected chi connectivity index (χ1v) is 8.21. The van der Waals surface area contributed by atoms with Gasteiger partial charge in [0.05, 0.1) is 5.60 Å². The smallest absolute Gasteiger partial charge is 0.0741 e. The molecule has 3 fully saturated rings. The van der Waals surface area contributed by atoms with Gasteiger partial charge in [0.15, 0.2) is 0 Å². The Morgan fingerprint density at radius 2 is 1.89 bits per heavy atom. The summed E-state index contributed by atoms with van der Waals surface area (Å²) < 4.78 is 11.6. The zero-order valence-electron chi connectivity index (χ0n) is 12.4. The highest BCUT2D eigenvalue weighted by atomic mass is 16.5. The number of hydrogen-bond donors (Lipinski definition) is 1. The highest BCUT2D eigenvalue weighted by molar-refractivity contribution is 4.97. The minimum Gasteiger partial charge on any atom is -0.381 e. The van der Waals surface area contributed by atoms with Crippen LogP contribution in [0.4, 0.5) is 0 Å². The molecule has 3 nitrogen and oxygen atoms in total. The lowest BCUT2D eigenvalue weighted by Crippen LogP contribution is -2.50. The van der Waals surface area contributed by atoms with Gasteiger partial charge in [-0.2, -0.15) is 0 Å². The third kappa shape index (κ3) is 3.32. The molecular weight excluding hydrogens is 238 g/mol. The molecule has 0 aromatic rings. The summed E-state index contributed by atoms with van der Waals surface area (Å²) in [7, 11) is 0. The minimum atomic E-state index is 0.135. The van der Waals surface area contributed by atoms with E-state index in [4.69, 9.17) is 9.47 Å². The summed E-state index contributed by atoms with van der Waals surface area (Å²) in [6, 6.07) is 0.668. The summed E-state index contributed by atoms with van der Waals surface area (Å²) in [5.74, 6) is 0. The Morgan fingerprint density at radius 1 is 1.11 bits per heavy atom. The van der Waals surface area contributed by atoms with E-state index in [0.717, 1.165) is 32.7 Å². The van der Waals surface area contributed by atoms with Crippen molar-refractivity contribution < 1.29 is 9.47 Å². The molecule has 0 bridgehead atoms. The maximum atomic E-state index is 6.11. The second-order valence-electron chi connectivity index (χ2n) is 6.96. The molecular formula is C16H29NO2. The number of nitrogens with one attached hydrogen (secondary N) is 1. The summed E-state index contributed by atoms with van der Waals surface area (Å²) in [5, 5.41) is 3.86. The lowest BCUT2D eigenvalue weighted by atomic mass is 9.84. The maximum absolute atomic E-state index is 6.11. The monoisotopic (exact) mass is 267 g/mol. The Morgan fingerprint density at radius 3 is 2.58 bits per heavy atom. The first-order chi connectivity index (χ1) is 9.26. The van der Waals surface area contributed by atoms with Crippen LogP contribution in [0.5, 0.6) is 0 Å². The van der Waals surface area contributed by atoms with Crippen LogP contribution in [0.3, 0.4) is 0 Å². The van der Waals surface area contributed by atoms with Gasteiger partial charge >= 0.3 is 0 Å². The van der Waals surface area contributed by atoms with Crippen molar-refractivity contribution in [2.75, 3.05) is 26.4 Å². The molecule has 2 heterocycles. The molecule has 1 N–H and O–H groups in total. The lowest BCUT2D eigenvalue weighted by Gasteiger charge is -2.43. The maximum Gasteiger partial charge on any atom is 0.0741 e. The first kappa shape index (κ1) is 13.8. The van der Waals surface area contributed by atoms with E-state index in [9.17, 15) is 0 Å². The highest BCUT2D eigenvalue weighted by Gasteiger charge is 2.43. The van der Waals surface area contributed by atoms with E-state index in [-0.39, 0.29) is 5.60 Å². The predicted molar refractivity (Wildman–Crippen MR) is 76.3 cm³/mol. The topological polar surface area (TPSA) is 30.5 Å². The Kier molecular flexibility index (Phi) is 4.16. The fourth-order valence-corrected chi connectivity index (χ4v) is 3.88. The van der Waals surface area contributed by atoms with Gasteiger partial charge in [0, 0.05) is 32.4 Å². The molecule has 110 valence electrons. The summed E-state index contributed by atoms with van der Waals surface area (Å²) in [5.41, 5.74) is 0.797. The van der Waals surface area contributed by atoms with Crippen LogP contribution in [-0.2, 0) is 9.47 Å². The molecule has 1 atom stereocenters. The molecule has 1 aliphatic carbocycles. The van der Waals surface area contributed by atoms with Crippen molar-refractivity contribution in [3.8, 4) is 0 Å². The van der Waals surface area contributed by atoms with Crippen LogP contribution in [-0.4, -0.2) is 38.0 Å². The van der Waals surface area contributed by atoms with Crippen molar-refractivity contribution in [3.05, 3.63) is 0 Å². The molecule has 0 radical (unpaired) electrons. The van der Waals surface area contributed by atoms with Crippen molar-refractivity contribution in [2.24, 2.45) is 5.41 Å². The van der Waals surface area contributed by atoms with Gasteiger partial charge in [0.2, 0.25) is 0 Å². The highest BCUT2D eigenvalue weighted by Crippen LogP contribution is 2.49. The van der Waals surface area contributed by atoms with Gasteiger partial charge in [-0.3, -0.25) is 0 Å². The number of hydrogen-bond acceptors (Lipinski definition) is 3. The Labute approximate surface area is 117 Å². The molecule has 2 aliphatic heterocycles. The van der Waals surface area contributed by atoms with E-state index in [1.807, 2.05) is 0 Å². The molecule has 0 aromatic heterocycles. The molecule has 3 rings (SSSR count). The van der Waals surface area contributed by atoms with Crippen LogP contribution in [0, 0.1) is 5.41 Å². The SMILES string of the molecule is CCCC1(CNC2CCOC3(CCOCC3)C2)CC1. The quantitative estimate of drug-likeness (QED) is 0.831. The van der Waals surface area contributed by atoms with Crippen LogP contribution in [0.2, 0.25) is 0 Å². The summed E-state index contributed by atoms with van der Waals surface area (Å²) >= 11 is 0. The van der Waals surface area contributed by atoms with Gasteiger partial charge in [0.1, 0.15) is 0 Å². The van der Waals surface area contributed by atoms with Crippen molar-refractivity contribution >= 4 is 0 Å². The third-order valence-corrected chi connectivity index (χ3v) is 5.40. The van der Waals surface area contributed by atoms with Gasteiger partial charge in [-0.15, -0.1) is 0 Å². The zero-order chi connectivity index (χ0) is 13.2. The van der Waals surface area contributed by atoms with Crippen molar-refractivity contribution in [2.45, 2.75) is 69.9 Å². The van der Waals surface area contributed by atoms with Crippen LogP contribution in [0.1, 0.15) is 58.3 Å². The molecule has 3 heteroatoms. The van der Waals surface area contributed by atoms with Gasteiger partial charge in [-0.1, -0.05) is 13.3 Å². The van der Waals surface area contributed by atoms with Crippen molar-refractivity contribution in [1.29, 1.82) is 0 Å². The van der Waals surface area contributed by atoms with E-state index in [1.165, 1.54) is 45.1 Å². The molecule has 0 aromatic carbocycles. The molecule has 1 spiro atoms. The molecule has 1 unspecified atom stereocenters. The first-order valence-electron chi connectivity index (χ1n) is 8.21. The fraction of sp³-hybridized carbons (Fsp3) is 1.00. The third-order valence-electron chi connectivity index (χ3n) is 5.40. The molecule has 3 aliphatic rings. The normalized spacial score (nSPS) is 32.4. The Bertz CT molecular complexity index is 290. The summed E-state index contributed by atoms with van der Waals surface area (Å²) in [6.07, 6.45) is 10.2. The Balaban J connectivity index is 1.48. The average Bonchev–Trinajstić information content (AvgIpc) is 3.18. The van der Waals surface area contributed by atoms with Crippen LogP contribution < -0.4 is 5.32 Å².